The topological polar surface area (TPSA) is 74.2 Å². The molecule has 0 aliphatic carbocycles. The van der Waals surface area contributed by atoms with Gasteiger partial charge in [-0.2, -0.15) is 0 Å². The van der Waals surface area contributed by atoms with Crippen molar-refractivity contribution in [3.8, 4) is 5.75 Å². The van der Waals surface area contributed by atoms with Gasteiger partial charge in [0.1, 0.15) is 5.75 Å². The molecule has 3 N–H and O–H groups in total. The molecule has 0 fully saturated rings. The van der Waals surface area contributed by atoms with Gasteiger partial charge in [-0.1, -0.05) is 18.2 Å². The van der Waals surface area contributed by atoms with Gasteiger partial charge in [-0.25, -0.2) is 0 Å². The van der Waals surface area contributed by atoms with Crippen molar-refractivity contribution in [2.75, 3.05) is 5.32 Å². The van der Waals surface area contributed by atoms with Crippen LogP contribution in [-0.2, 0) is 0 Å². The maximum absolute atomic E-state index is 11.9. The predicted molar refractivity (Wildman–Crippen MR) is 87.5 cm³/mol. The molecule has 0 unspecified atom stereocenters. The number of rotatable bonds is 4. The van der Waals surface area contributed by atoms with Crippen LogP contribution in [0.5, 0.6) is 5.75 Å². The molecule has 5 nitrogen and oxygen atoms in total. The molecule has 0 heterocycles. The summed E-state index contributed by atoms with van der Waals surface area (Å²) in [5, 5.41) is 13.1. The molecule has 2 aromatic carbocycles. The Morgan fingerprint density at radius 3 is 2.27 bits per heavy atom. The zero-order valence-corrected chi connectivity index (χ0v) is 12.6. The number of benzene rings is 2. The third-order valence-electron chi connectivity index (χ3n) is 2.77. The monoisotopic (exact) mass is 297 g/mol. The van der Waals surface area contributed by atoms with Crippen LogP contribution in [0.15, 0.2) is 54.6 Å². The molecule has 2 aromatic rings. The Bertz CT molecular complexity index is 637. The van der Waals surface area contributed by atoms with E-state index in [1.54, 1.807) is 36.4 Å². The molecule has 0 bridgehead atoms. The van der Waals surface area contributed by atoms with E-state index in [0.717, 1.165) is 5.75 Å². The van der Waals surface area contributed by atoms with Gasteiger partial charge in [0, 0.05) is 11.3 Å². The van der Waals surface area contributed by atoms with Crippen molar-refractivity contribution in [2.24, 2.45) is 0 Å². The van der Waals surface area contributed by atoms with Crippen LogP contribution in [0.1, 0.15) is 24.2 Å². The van der Waals surface area contributed by atoms with Crippen LogP contribution in [0, 0.1) is 5.41 Å². The molecule has 0 aliphatic heterocycles. The van der Waals surface area contributed by atoms with Gasteiger partial charge in [-0.15, -0.1) is 0 Å². The Morgan fingerprint density at radius 2 is 1.68 bits per heavy atom. The van der Waals surface area contributed by atoms with Gasteiger partial charge in [0.25, 0.3) is 5.91 Å². The van der Waals surface area contributed by atoms with Crippen molar-refractivity contribution in [3.05, 3.63) is 60.2 Å². The number of ether oxygens (including phenoxy) is 1. The lowest BCUT2D eigenvalue weighted by Gasteiger charge is -2.12. The highest BCUT2D eigenvalue weighted by Gasteiger charge is 2.07. The Morgan fingerprint density at radius 1 is 1.05 bits per heavy atom. The summed E-state index contributed by atoms with van der Waals surface area (Å²) in [4.78, 5) is 11.9. The van der Waals surface area contributed by atoms with Crippen molar-refractivity contribution in [3.63, 3.8) is 0 Å². The molecule has 0 spiro atoms. The molecule has 114 valence electrons. The molecule has 0 saturated heterocycles. The third-order valence-corrected chi connectivity index (χ3v) is 2.77. The first-order chi connectivity index (χ1) is 10.5. The van der Waals surface area contributed by atoms with Gasteiger partial charge in [-0.3, -0.25) is 15.5 Å². The second-order valence-electron chi connectivity index (χ2n) is 5.01. The van der Waals surface area contributed by atoms with E-state index in [1.807, 2.05) is 32.0 Å². The molecule has 0 atom stereocenters. The van der Waals surface area contributed by atoms with Gasteiger partial charge in [0.15, 0.2) is 5.96 Å². The molecule has 1 amide bonds. The summed E-state index contributed by atoms with van der Waals surface area (Å²) in [6, 6.07) is 16.0. The summed E-state index contributed by atoms with van der Waals surface area (Å²) in [6.07, 6.45) is 0.113. The van der Waals surface area contributed by atoms with Crippen LogP contribution in [0.2, 0.25) is 0 Å². The molecule has 22 heavy (non-hydrogen) atoms. The van der Waals surface area contributed by atoms with E-state index >= 15 is 0 Å². The first-order valence-corrected chi connectivity index (χ1v) is 7.03. The van der Waals surface area contributed by atoms with Gasteiger partial charge < -0.3 is 10.1 Å². The van der Waals surface area contributed by atoms with Crippen molar-refractivity contribution in [2.45, 2.75) is 20.0 Å². The smallest absolute Gasteiger partial charge is 0.257 e. The number of carbonyl (C=O) groups excluding carboxylic acids is 1. The highest BCUT2D eigenvalue weighted by Crippen LogP contribution is 2.16. The standard InChI is InChI=1S/C17H19N3O2/c1-12(2)22-15-10-8-14(9-11-15)19-17(18)20-16(21)13-6-4-3-5-7-13/h3-12H,1-2H3,(H3,18,19,20,21). The van der Waals surface area contributed by atoms with E-state index in [-0.39, 0.29) is 18.0 Å². The van der Waals surface area contributed by atoms with E-state index in [9.17, 15) is 4.79 Å². The average molecular weight is 297 g/mol. The van der Waals surface area contributed by atoms with Crippen molar-refractivity contribution < 1.29 is 9.53 Å². The minimum atomic E-state index is -0.321. The fourth-order valence-corrected chi connectivity index (χ4v) is 1.84. The molecule has 0 radical (unpaired) electrons. The van der Waals surface area contributed by atoms with Gasteiger partial charge in [0.05, 0.1) is 6.10 Å². The number of hydrogen-bond acceptors (Lipinski definition) is 3. The lowest BCUT2D eigenvalue weighted by atomic mass is 10.2. The van der Waals surface area contributed by atoms with Crippen LogP contribution in [-0.4, -0.2) is 18.0 Å². The Balaban J connectivity index is 1.90. The lowest BCUT2D eigenvalue weighted by molar-refractivity contribution is 0.0977. The number of amides is 1. The summed E-state index contributed by atoms with van der Waals surface area (Å²) in [7, 11) is 0. The third kappa shape index (κ3) is 4.63. The lowest BCUT2D eigenvalue weighted by Crippen LogP contribution is -2.34. The second-order valence-corrected chi connectivity index (χ2v) is 5.01. The summed E-state index contributed by atoms with van der Waals surface area (Å²) in [6.45, 7) is 3.92. The van der Waals surface area contributed by atoms with Gasteiger partial charge >= 0.3 is 0 Å². The number of carbonyl (C=O) groups is 1. The fourth-order valence-electron chi connectivity index (χ4n) is 1.84. The minimum absolute atomic E-state index is 0.0774. The number of guanidine groups is 1. The van der Waals surface area contributed by atoms with Crippen LogP contribution < -0.4 is 15.4 Å². The van der Waals surface area contributed by atoms with Gasteiger partial charge in [0.2, 0.25) is 0 Å². The van der Waals surface area contributed by atoms with E-state index in [0.29, 0.717) is 11.3 Å². The Kier molecular flexibility index (Phi) is 5.14. The summed E-state index contributed by atoms with van der Waals surface area (Å²) >= 11 is 0. The van der Waals surface area contributed by atoms with Gasteiger partial charge in [-0.05, 0) is 50.2 Å². The van der Waals surface area contributed by atoms with E-state index in [1.165, 1.54) is 0 Å². The second kappa shape index (κ2) is 7.26. The Labute approximate surface area is 129 Å². The van der Waals surface area contributed by atoms with E-state index < -0.39 is 0 Å². The van der Waals surface area contributed by atoms with Crippen LogP contribution in [0.25, 0.3) is 0 Å². The first-order valence-electron chi connectivity index (χ1n) is 7.03. The predicted octanol–water partition coefficient (Wildman–Crippen LogP) is 3.25. The van der Waals surface area contributed by atoms with Crippen molar-refractivity contribution in [1.82, 2.24) is 5.32 Å². The van der Waals surface area contributed by atoms with Crippen LogP contribution in [0.4, 0.5) is 5.69 Å². The average Bonchev–Trinajstić information content (AvgIpc) is 2.49. The minimum Gasteiger partial charge on any atom is -0.491 e. The normalized spacial score (nSPS) is 10.1. The highest BCUT2D eigenvalue weighted by molar-refractivity contribution is 6.08. The van der Waals surface area contributed by atoms with Crippen molar-refractivity contribution >= 4 is 17.6 Å². The maximum Gasteiger partial charge on any atom is 0.257 e. The maximum atomic E-state index is 11.9. The first kappa shape index (κ1) is 15.6. The van der Waals surface area contributed by atoms with Crippen LogP contribution >= 0.6 is 0 Å². The molecule has 2 rings (SSSR count). The number of anilines is 1. The fraction of sp³-hybridized carbons (Fsp3) is 0.176. The summed E-state index contributed by atoms with van der Waals surface area (Å²) < 4.78 is 5.55. The molecular formula is C17H19N3O2. The Hall–Kier alpha value is -2.82. The number of hydrogen-bond donors (Lipinski definition) is 3. The summed E-state index contributed by atoms with van der Waals surface area (Å²) in [5.74, 6) is 0.365. The van der Waals surface area contributed by atoms with E-state index in [4.69, 9.17) is 10.1 Å². The molecule has 0 aliphatic rings. The molecule has 0 aromatic heterocycles. The number of nitrogens with one attached hydrogen (secondary N) is 3. The molecular weight excluding hydrogens is 278 g/mol. The largest absolute Gasteiger partial charge is 0.491 e. The zero-order chi connectivity index (χ0) is 15.9. The SMILES string of the molecule is CC(C)Oc1ccc(NC(=N)NC(=O)c2ccccc2)cc1. The van der Waals surface area contributed by atoms with E-state index in [2.05, 4.69) is 10.6 Å². The zero-order valence-electron chi connectivity index (χ0n) is 12.6. The highest BCUT2D eigenvalue weighted by atomic mass is 16.5. The van der Waals surface area contributed by atoms with Crippen LogP contribution in [0.3, 0.4) is 0 Å². The summed E-state index contributed by atoms with van der Waals surface area (Å²) in [5.41, 5.74) is 1.21. The van der Waals surface area contributed by atoms with Crippen molar-refractivity contribution in [1.29, 1.82) is 5.41 Å². The quantitative estimate of drug-likeness (QED) is 0.599. The molecule has 5 heteroatoms. The molecule has 0 saturated carbocycles.